The van der Waals surface area contributed by atoms with Crippen LogP contribution in [0.5, 0.6) is 0 Å². The van der Waals surface area contributed by atoms with E-state index in [2.05, 4.69) is 45.3 Å². The van der Waals surface area contributed by atoms with Crippen molar-refractivity contribution >= 4 is 39.0 Å². The first kappa shape index (κ1) is 15.6. The predicted molar refractivity (Wildman–Crippen MR) is 102 cm³/mol. The number of hydrogen-bond donors (Lipinski definition) is 3. The molecular formula is C18H22N4OS. The number of hydrogen-bond acceptors (Lipinski definition) is 6. The number of dihydropyridines is 1. The number of ether oxygens (including phenoxy) is 1. The zero-order valence-electron chi connectivity index (χ0n) is 13.5. The van der Waals surface area contributed by atoms with Gasteiger partial charge in [0.2, 0.25) is 0 Å². The molecule has 0 amide bonds. The fourth-order valence-corrected chi connectivity index (χ4v) is 4.07. The maximum absolute atomic E-state index is 6.18. The molecule has 1 saturated heterocycles. The van der Waals surface area contributed by atoms with Crippen molar-refractivity contribution in [3.63, 3.8) is 0 Å². The third kappa shape index (κ3) is 3.17. The maximum atomic E-state index is 6.18. The van der Waals surface area contributed by atoms with E-state index in [1.807, 2.05) is 6.21 Å². The monoisotopic (exact) mass is 342 g/mol. The minimum Gasteiger partial charge on any atom is -0.380 e. The molecule has 4 N–H and O–H groups in total. The summed E-state index contributed by atoms with van der Waals surface area (Å²) in [6, 6.07) is 6.74. The molecule has 2 aromatic rings. The highest BCUT2D eigenvalue weighted by Gasteiger charge is 2.23. The molecule has 24 heavy (non-hydrogen) atoms. The maximum Gasteiger partial charge on any atom is 0.0637 e. The van der Waals surface area contributed by atoms with Gasteiger partial charge in [-0.1, -0.05) is 6.08 Å². The number of nitrogens with zero attached hydrogens (tertiary/aromatic N) is 1. The van der Waals surface area contributed by atoms with Gasteiger partial charge in [-0.05, 0) is 36.4 Å². The van der Waals surface area contributed by atoms with E-state index in [0.29, 0.717) is 6.61 Å². The largest absolute Gasteiger partial charge is 0.380 e. The lowest BCUT2D eigenvalue weighted by atomic mass is 10.0. The van der Waals surface area contributed by atoms with E-state index in [1.54, 1.807) is 11.3 Å². The summed E-state index contributed by atoms with van der Waals surface area (Å²) >= 11 is 1.75. The van der Waals surface area contributed by atoms with E-state index >= 15 is 0 Å². The molecule has 0 spiro atoms. The Morgan fingerprint density at radius 1 is 1.25 bits per heavy atom. The fraction of sp³-hybridized carbons (Fsp3) is 0.389. The second-order valence-corrected chi connectivity index (χ2v) is 7.13. The van der Waals surface area contributed by atoms with Crippen molar-refractivity contribution in [2.24, 2.45) is 10.7 Å². The summed E-state index contributed by atoms with van der Waals surface area (Å²) in [5.41, 5.74) is 9.52. The minimum atomic E-state index is 0.0372. The van der Waals surface area contributed by atoms with Crippen LogP contribution in [0.1, 0.15) is 12.8 Å². The van der Waals surface area contributed by atoms with Crippen molar-refractivity contribution in [3.05, 3.63) is 35.4 Å². The van der Waals surface area contributed by atoms with Crippen molar-refractivity contribution in [1.82, 2.24) is 0 Å². The molecular weight excluding hydrogens is 320 g/mol. The van der Waals surface area contributed by atoms with Crippen LogP contribution in [0.3, 0.4) is 0 Å². The molecule has 1 aromatic heterocycles. The molecule has 1 aromatic carbocycles. The number of thiophene rings is 1. The van der Waals surface area contributed by atoms with Crippen molar-refractivity contribution in [2.75, 3.05) is 30.4 Å². The summed E-state index contributed by atoms with van der Waals surface area (Å²) in [5.74, 6) is 0. The highest BCUT2D eigenvalue weighted by atomic mass is 32.1. The number of rotatable bonds is 4. The van der Waals surface area contributed by atoms with Gasteiger partial charge in [-0.2, -0.15) is 0 Å². The Morgan fingerprint density at radius 3 is 3.00 bits per heavy atom. The van der Waals surface area contributed by atoms with Crippen LogP contribution in [0.2, 0.25) is 0 Å². The standard InChI is InChI=1S/C18H22N4OS/c19-14-11-23-8-5-16(14)22-17-4-3-15(13-6-9-24-18(13)17)21-12-2-1-7-20-10-12/h2-4,6,9-10,14,16,21-22H,1,5,7-8,11,19H2/t14-,16+/m0/s1. The number of anilines is 2. The highest BCUT2D eigenvalue weighted by molar-refractivity contribution is 7.18. The fourth-order valence-electron chi connectivity index (χ4n) is 3.17. The highest BCUT2D eigenvalue weighted by Crippen LogP contribution is 2.35. The molecule has 126 valence electrons. The molecule has 1 fully saturated rings. The summed E-state index contributed by atoms with van der Waals surface area (Å²) in [6.07, 6.45) is 6.04. The molecule has 0 aliphatic carbocycles. The molecule has 0 bridgehead atoms. The van der Waals surface area contributed by atoms with Crippen molar-refractivity contribution < 1.29 is 4.74 Å². The van der Waals surface area contributed by atoms with Crippen molar-refractivity contribution in [3.8, 4) is 0 Å². The first-order valence-electron chi connectivity index (χ1n) is 8.38. The van der Waals surface area contributed by atoms with Crippen LogP contribution in [0.15, 0.2) is 40.3 Å². The number of nitrogens with one attached hydrogen (secondary N) is 2. The van der Waals surface area contributed by atoms with Crippen LogP contribution in [-0.4, -0.2) is 38.1 Å². The summed E-state index contributed by atoms with van der Waals surface area (Å²) in [5, 5.41) is 10.5. The van der Waals surface area contributed by atoms with Crippen LogP contribution in [0, 0.1) is 0 Å². The Bertz CT molecular complexity index is 782. The molecule has 6 heteroatoms. The molecule has 0 radical (unpaired) electrons. The Kier molecular flexibility index (Phi) is 4.51. The van der Waals surface area contributed by atoms with E-state index in [1.165, 1.54) is 10.1 Å². The molecule has 5 nitrogen and oxygen atoms in total. The van der Waals surface area contributed by atoms with E-state index in [0.717, 1.165) is 43.1 Å². The summed E-state index contributed by atoms with van der Waals surface area (Å²) in [6.45, 7) is 2.28. The van der Waals surface area contributed by atoms with Crippen molar-refractivity contribution in [1.29, 1.82) is 0 Å². The molecule has 2 aliphatic heterocycles. The Labute approximate surface area is 145 Å². The van der Waals surface area contributed by atoms with Crippen LogP contribution in [-0.2, 0) is 4.74 Å². The third-order valence-corrected chi connectivity index (χ3v) is 5.44. The van der Waals surface area contributed by atoms with Gasteiger partial charge in [-0.25, -0.2) is 0 Å². The number of fused-ring (bicyclic) bond motifs is 1. The van der Waals surface area contributed by atoms with E-state index in [9.17, 15) is 0 Å². The summed E-state index contributed by atoms with van der Waals surface area (Å²) in [7, 11) is 0. The minimum absolute atomic E-state index is 0.0372. The van der Waals surface area contributed by atoms with Crippen LogP contribution < -0.4 is 16.4 Å². The van der Waals surface area contributed by atoms with Gasteiger partial charge >= 0.3 is 0 Å². The van der Waals surface area contributed by atoms with Gasteiger partial charge in [-0.15, -0.1) is 11.3 Å². The van der Waals surface area contributed by atoms with Gasteiger partial charge in [0.1, 0.15) is 0 Å². The lowest BCUT2D eigenvalue weighted by molar-refractivity contribution is 0.0753. The van der Waals surface area contributed by atoms with Crippen LogP contribution in [0.25, 0.3) is 10.1 Å². The van der Waals surface area contributed by atoms with Gasteiger partial charge in [0.05, 0.1) is 22.7 Å². The normalized spacial score (nSPS) is 24.0. The molecule has 2 aliphatic rings. The second-order valence-electron chi connectivity index (χ2n) is 6.21. The molecule has 0 saturated carbocycles. The summed E-state index contributed by atoms with van der Waals surface area (Å²) in [4.78, 5) is 4.33. The molecule has 4 rings (SSSR count). The molecule has 0 unspecified atom stereocenters. The van der Waals surface area contributed by atoms with Crippen LogP contribution >= 0.6 is 11.3 Å². The van der Waals surface area contributed by atoms with Gasteiger partial charge in [0.15, 0.2) is 0 Å². The average Bonchev–Trinajstić information content (AvgIpc) is 3.10. The smallest absolute Gasteiger partial charge is 0.0637 e. The number of benzene rings is 1. The van der Waals surface area contributed by atoms with E-state index in [-0.39, 0.29) is 12.1 Å². The van der Waals surface area contributed by atoms with Crippen molar-refractivity contribution in [2.45, 2.75) is 24.9 Å². The van der Waals surface area contributed by atoms with Crippen LogP contribution in [0.4, 0.5) is 11.4 Å². The number of allylic oxidation sites excluding steroid dienone is 1. The average molecular weight is 342 g/mol. The first-order chi connectivity index (χ1) is 11.8. The number of aliphatic imine (C=N–C) groups is 1. The topological polar surface area (TPSA) is 71.7 Å². The van der Waals surface area contributed by atoms with E-state index in [4.69, 9.17) is 10.5 Å². The SMILES string of the molecule is N[C@H]1COCC[C@H]1Nc1ccc(NC2=CCCN=C2)c2ccsc12. The first-order valence-corrected chi connectivity index (χ1v) is 9.26. The lowest BCUT2D eigenvalue weighted by Crippen LogP contribution is -2.47. The van der Waals surface area contributed by atoms with Gasteiger partial charge < -0.3 is 21.1 Å². The van der Waals surface area contributed by atoms with Gasteiger partial charge in [0.25, 0.3) is 0 Å². The lowest BCUT2D eigenvalue weighted by Gasteiger charge is -2.30. The Hall–Kier alpha value is -1.89. The quantitative estimate of drug-likeness (QED) is 0.798. The van der Waals surface area contributed by atoms with E-state index < -0.39 is 0 Å². The number of nitrogens with two attached hydrogens (primary N) is 1. The Morgan fingerprint density at radius 2 is 2.17 bits per heavy atom. The zero-order chi connectivity index (χ0) is 16.4. The second kappa shape index (κ2) is 6.93. The Balaban J connectivity index is 1.59. The predicted octanol–water partition coefficient (Wildman–Crippen LogP) is 3.20. The van der Waals surface area contributed by atoms with Gasteiger partial charge in [0, 0.05) is 42.5 Å². The summed E-state index contributed by atoms with van der Waals surface area (Å²) < 4.78 is 6.69. The third-order valence-electron chi connectivity index (χ3n) is 4.49. The molecule has 3 heterocycles. The molecule has 2 atom stereocenters. The van der Waals surface area contributed by atoms with Gasteiger partial charge in [-0.3, -0.25) is 4.99 Å². The zero-order valence-corrected chi connectivity index (χ0v) is 14.3.